The lowest BCUT2D eigenvalue weighted by atomic mass is 10.2. The number of nitrogens with zero attached hydrogens (tertiary/aromatic N) is 6. The van der Waals surface area contributed by atoms with Crippen molar-refractivity contribution >= 4 is 39.5 Å². The number of benzene rings is 2. The number of rotatable bonds is 9. The molecule has 6 rings (SSSR count). The molecule has 1 aliphatic rings. The highest BCUT2D eigenvalue weighted by molar-refractivity contribution is 5.85. The number of aromatic nitrogens is 5. The summed E-state index contributed by atoms with van der Waals surface area (Å²) in [5.41, 5.74) is 3.07. The van der Waals surface area contributed by atoms with Crippen molar-refractivity contribution < 1.29 is 9.53 Å². The number of carbonyl (C=O) groups is 1. The Bertz CT molecular complexity index is 1740. The highest BCUT2D eigenvalue weighted by Crippen LogP contribution is 2.31. The van der Waals surface area contributed by atoms with Crippen molar-refractivity contribution in [2.45, 2.75) is 32.9 Å². The minimum Gasteiger partial charge on any atom is -0.427 e. The van der Waals surface area contributed by atoms with Crippen molar-refractivity contribution in [2.24, 2.45) is 5.92 Å². The summed E-state index contributed by atoms with van der Waals surface area (Å²) in [6, 6.07) is 15.4. The van der Waals surface area contributed by atoms with E-state index in [0.29, 0.717) is 40.9 Å². The molecule has 2 aromatic carbocycles. The third-order valence-electron chi connectivity index (χ3n) is 6.94. The van der Waals surface area contributed by atoms with E-state index in [2.05, 4.69) is 58.3 Å². The second kappa shape index (κ2) is 10.0. The fraction of sp³-hybridized carbons (Fsp3) is 0.310. The standard InChI is InChI=1S/C29H31N7O3/c1-19(37)39-24-6-4-5-23(16-24)36-27-25(28(38)35(36)18-20-7-8-20)17-30-29(32-27)31-22-9-10-26-21(15-22)11-12-34(26)14-13-33(2)3/h4-6,9-12,15-17,20H,7-8,13-14,18H2,1-3H3,(H,30,31,32). The van der Waals surface area contributed by atoms with Crippen molar-refractivity contribution in [3.05, 3.63) is 71.3 Å². The summed E-state index contributed by atoms with van der Waals surface area (Å²) in [7, 11) is 4.14. The zero-order valence-corrected chi connectivity index (χ0v) is 22.3. The predicted octanol–water partition coefficient (Wildman–Crippen LogP) is 4.18. The van der Waals surface area contributed by atoms with Crippen LogP contribution in [-0.2, 0) is 17.9 Å². The topological polar surface area (TPSA) is 99.2 Å². The summed E-state index contributed by atoms with van der Waals surface area (Å²) in [5, 5.41) is 4.87. The molecule has 1 fully saturated rings. The van der Waals surface area contributed by atoms with Gasteiger partial charge in [-0.05, 0) is 69.3 Å². The highest BCUT2D eigenvalue weighted by Gasteiger charge is 2.26. The molecular formula is C29H31N7O3. The number of ether oxygens (including phenoxy) is 1. The number of esters is 1. The van der Waals surface area contributed by atoms with Gasteiger partial charge in [-0.25, -0.2) is 14.3 Å². The maximum absolute atomic E-state index is 13.4. The molecule has 3 aromatic heterocycles. The largest absolute Gasteiger partial charge is 0.427 e. The predicted molar refractivity (Wildman–Crippen MR) is 151 cm³/mol. The molecule has 200 valence electrons. The Labute approximate surface area is 225 Å². The van der Waals surface area contributed by atoms with E-state index in [1.807, 2.05) is 16.8 Å². The van der Waals surface area contributed by atoms with E-state index in [1.165, 1.54) is 6.92 Å². The second-order valence-corrected chi connectivity index (χ2v) is 10.4. The Kier molecular flexibility index (Phi) is 6.40. The van der Waals surface area contributed by atoms with Gasteiger partial charge in [0.1, 0.15) is 11.1 Å². The molecule has 1 saturated carbocycles. The number of carbonyl (C=O) groups excluding carboxylic acids is 1. The first-order chi connectivity index (χ1) is 18.9. The molecule has 0 bridgehead atoms. The minimum atomic E-state index is -0.404. The fourth-order valence-corrected chi connectivity index (χ4v) is 4.82. The highest BCUT2D eigenvalue weighted by atomic mass is 16.5. The Morgan fingerprint density at radius 3 is 2.77 bits per heavy atom. The second-order valence-electron chi connectivity index (χ2n) is 10.4. The third kappa shape index (κ3) is 5.15. The van der Waals surface area contributed by atoms with Crippen LogP contribution in [0.5, 0.6) is 5.75 Å². The van der Waals surface area contributed by atoms with Crippen LogP contribution in [0.4, 0.5) is 11.6 Å². The molecule has 0 unspecified atom stereocenters. The summed E-state index contributed by atoms with van der Waals surface area (Å²) in [6.07, 6.45) is 5.88. The van der Waals surface area contributed by atoms with Gasteiger partial charge in [0.05, 0.1) is 5.69 Å². The number of likely N-dealkylation sites (N-methyl/N-ethyl adjacent to an activating group) is 1. The van der Waals surface area contributed by atoms with E-state index < -0.39 is 5.97 Å². The molecule has 3 heterocycles. The SMILES string of the molecule is CC(=O)Oc1cccc(-n2c3nc(Nc4ccc5c(ccn5CCN(C)C)c4)ncc3c(=O)n2CC2CC2)c1. The normalized spacial score (nSPS) is 13.4. The number of nitrogens with one attached hydrogen (secondary N) is 1. The van der Waals surface area contributed by atoms with Gasteiger partial charge in [-0.1, -0.05) is 6.07 Å². The molecule has 0 amide bonds. The average Bonchev–Trinajstić information content (AvgIpc) is 3.57. The van der Waals surface area contributed by atoms with Gasteiger partial charge in [-0.3, -0.25) is 9.59 Å². The van der Waals surface area contributed by atoms with E-state index in [0.717, 1.165) is 42.5 Å². The summed E-state index contributed by atoms with van der Waals surface area (Å²) in [4.78, 5) is 36.4. The summed E-state index contributed by atoms with van der Waals surface area (Å²) in [6.45, 7) is 3.83. The first-order valence-corrected chi connectivity index (χ1v) is 13.1. The van der Waals surface area contributed by atoms with Crippen molar-refractivity contribution in [3.8, 4) is 11.4 Å². The maximum Gasteiger partial charge on any atom is 0.308 e. The van der Waals surface area contributed by atoms with E-state index in [1.54, 1.807) is 29.1 Å². The Balaban J connectivity index is 1.37. The number of fused-ring (bicyclic) bond motifs is 2. The summed E-state index contributed by atoms with van der Waals surface area (Å²) >= 11 is 0. The smallest absolute Gasteiger partial charge is 0.308 e. The van der Waals surface area contributed by atoms with Gasteiger partial charge in [-0.2, -0.15) is 4.98 Å². The van der Waals surface area contributed by atoms with E-state index in [4.69, 9.17) is 9.72 Å². The molecule has 10 nitrogen and oxygen atoms in total. The quantitative estimate of drug-likeness (QED) is 0.228. The summed E-state index contributed by atoms with van der Waals surface area (Å²) < 4.78 is 11.1. The van der Waals surface area contributed by atoms with Crippen LogP contribution < -0.4 is 15.6 Å². The monoisotopic (exact) mass is 525 g/mol. The van der Waals surface area contributed by atoms with E-state index in [-0.39, 0.29) is 5.56 Å². The molecule has 1 aliphatic carbocycles. The van der Waals surface area contributed by atoms with Crippen LogP contribution in [0.3, 0.4) is 0 Å². The Morgan fingerprint density at radius 2 is 2.00 bits per heavy atom. The fourth-order valence-electron chi connectivity index (χ4n) is 4.82. The van der Waals surface area contributed by atoms with Crippen LogP contribution >= 0.6 is 0 Å². The third-order valence-corrected chi connectivity index (χ3v) is 6.94. The van der Waals surface area contributed by atoms with Gasteiger partial charge in [-0.15, -0.1) is 0 Å². The number of anilines is 2. The Morgan fingerprint density at radius 1 is 1.15 bits per heavy atom. The van der Waals surface area contributed by atoms with E-state index in [9.17, 15) is 9.59 Å². The minimum absolute atomic E-state index is 0.137. The average molecular weight is 526 g/mol. The number of hydrogen-bond acceptors (Lipinski definition) is 7. The molecule has 0 saturated heterocycles. The van der Waals surface area contributed by atoms with Crippen LogP contribution in [0.15, 0.2) is 65.7 Å². The molecule has 10 heteroatoms. The van der Waals surface area contributed by atoms with Crippen molar-refractivity contribution in [1.29, 1.82) is 0 Å². The lowest BCUT2D eigenvalue weighted by Crippen LogP contribution is -2.23. The molecular weight excluding hydrogens is 494 g/mol. The zero-order valence-electron chi connectivity index (χ0n) is 22.3. The van der Waals surface area contributed by atoms with Gasteiger partial charge in [0.2, 0.25) is 5.95 Å². The lowest BCUT2D eigenvalue weighted by Gasteiger charge is -2.13. The van der Waals surface area contributed by atoms with Crippen LogP contribution in [0.2, 0.25) is 0 Å². The van der Waals surface area contributed by atoms with Crippen molar-refractivity contribution in [2.75, 3.05) is 26.0 Å². The maximum atomic E-state index is 13.4. The number of hydrogen-bond donors (Lipinski definition) is 1. The van der Waals surface area contributed by atoms with Gasteiger partial charge < -0.3 is 19.5 Å². The molecule has 39 heavy (non-hydrogen) atoms. The first-order valence-electron chi connectivity index (χ1n) is 13.1. The van der Waals surface area contributed by atoms with Crippen molar-refractivity contribution in [1.82, 2.24) is 28.8 Å². The molecule has 0 atom stereocenters. The van der Waals surface area contributed by atoms with Gasteiger partial charge in [0.25, 0.3) is 5.56 Å². The first kappa shape index (κ1) is 24.9. The molecule has 5 aromatic rings. The van der Waals surface area contributed by atoms with Crippen LogP contribution in [0, 0.1) is 5.92 Å². The molecule has 0 spiro atoms. The van der Waals surface area contributed by atoms with Crippen LogP contribution in [0.1, 0.15) is 19.8 Å². The van der Waals surface area contributed by atoms with Gasteiger partial charge in [0.15, 0.2) is 5.65 Å². The van der Waals surface area contributed by atoms with Crippen LogP contribution in [0.25, 0.3) is 27.6 Å². The zero-order chi connectivity index (χ0) is 27.1. The lowest BCUT2D eigenvalue weighted by molar-refractivity contribution is -0.131. The summed E-state index contributed by atoms with van der Waals surface area (Å²) in [5.74, 6) is 0.858. The van der Waals surface area contributed by atoms with Crippen molar-refractivity contribution in [3.63, 3.8) is 0 Å². The Hall–Kier alpha value is -4.44. The van der Waals surface area contributed by atoms with E-state index >= 15 is 0 Å². The molecule has 0 aliphatic heterocycles. The van der Waals surface area contributed by atoms with Crippen LogP contribution in [-0.4, -0.2) is 55.4 Å². The molecule has 0 radical (unpaired) electrons. The van der Waals surface area contributed by atoms with Gasteiger partial charge in [0, 0.05) is 61.6 Å². The molecule has 1 N–H and O–H groups in total. The van der Waals surface area contributed by atoms with Gasteiger partial charge >= 0.3 is 5.97 Å².